The molecule has 1 aromatic heterocycles. The Morgan fingerprint density at radius 3 is 3.00 bits per heavy atom. The van der Waals surface area contributed by atoms with Crippen LogP contribution in [0.15, 0.2) is 30.5 Å². The predicted molar refractivity (Wildman–Crippen MR) is 90.2 cm³/mol. The van der Waals surface area contributed by atoms with Gasteiger partial charge in [0.25, 0.3) is 5.91 Å². The van der Waals surface area contributed by atoms with Crippen LogP contribution >= 0.6 is 23.2 Å². The zero-order valence-electron chi connectivity index (χ0n) is 12.9. The summed E-state index contributed by atoms with van der Waals surface area (Å²) < 4.78 is 20.7. The molecule has 0 spiro atoms. The Balaban J connectivity index is 1.81. The molecular formula is C17H15Cl2FN2O2. The first-order valence-corrected chi connectivity index (χ1v) is 8.17. The standard InChI is InChI=1S/C17H15Cl2FN2O2/c1-10-7-11(18)8-14(19)12(10)9-22-16(23)17(20)4-6-24-15-13(17)3-2-5-21-15/h2-3,5,7-8H,4,6,9H2,1H3,(H,22,23). The number of ether oxygens (including phenoxy) is 1. The van der Waals surface area contributed by atoms with Crippen LogP contribution in [0.5, 0.6) is 5.88 Å². The lowest BCUT2D eigenvalue weighted by atomic mass is 9.90. The van der Waals surface area contributed by atoms with E-state index in [9.17, 15) is 4.79 Å². The van der Waals surface area contributed by atoms with E-state index in [1.54, 1.807) is 18.2 Å². The Labute approximate surface area is 148 Å². The van der Waals surface area contributed by atoms with E-state index < -0.39 is 11.6 Å². The van der Waals surface area contributed by atoms with Crippen LogP contribution in [-0.2, 0) is 17.0 Å². The molecule has 1 aliphatic heterocycles. The summed E-state index contributed by atoms with van der Waals surface area (Å²) in [4.78, 5) is 16.5. The van der Waals surface area contributed by atoms with Crippen LogP contribution in [-0.4, -0.2) is 17.5 Å². The maximum absolute atomic E-state index is 15.3. The minimum absolute atomic E-state index is 0.0646. The lowest BCUT2D eigenvalue weighted by Crippen LogP contribution is -2.44. The molecule has 0 aliphatic carbocycles. The van der Waals surface area contributed by atoms with E-state index in [1.807, 2.05) is 6.92 Å². The van der Waals surface area contributed by atoms with Crippen molar-refractivity contribution >= 4 is 29.1 Å². The van der Waals surface area contributed by atoms with Crippen molar-refractivity contribution in [2.75, 3.05) is 6.61 Å². The lowest BCUT2D eigenvalue weighted by molar-refractivity contribution is -0.135. The van der Waals surface area contributed by atoms with Crippen molar-refractivity contribution in [3.8, 4) is 5.88 Å². The van der Waals surface area contributed by atoms with Crippen LogP contribution in [0, 0.1) is 6.92 Å². The molecule has 7 heteroatoms. The molecule has 1 atom stereocenters. The van der Waals surface area contributed by atoms with Gasteiger partial charge in [-0.1, -0.05) is 23.2 Å². The van der Waals surface area contributed by atoms with E-state index >= 15 is 4.39 Å². The molecule has 0 saturated carbocycles. The normalized spacial score (nSPS) is 19.3. The van der Waals surface area contributed by atoms with Crippen molar-refractivity contribution in [1.29, 1.82) is 0 Å². The molecule has 3 rings (SSSR count). The first-order valence-electron chi connectivity index (χ1n) is 7.42. The highest BCUT2D eigenvalue weighted by Crippen LogP contribution is 2.39. The molecule has 24 heavy (non-hydrogen) atoms. The summed E-state index contributed by atoms with van der Waals surface area (Å²) in [5, 5.41) is 3.57. The number of benzene rings is 1. The highest BCUT2D eigenvalue weighted by atomic mass is 35.5. The molecule has 1 N–H and O–H groups in total. The fraction of sp³-hybridized carbons (Fsp3) is 0.294. The van der Waals surface area contributed by atoms with Gasteiger partial charge in [-0.2, -0.15) is 0 Å². The van der Waals surface area contributed by atoms with Crippen molar-refractivity contribution in [2.45, 2.75) is 25.6 Å². The third-order valence-electron chi connectivity index (χ3n) is 4.05. The number of rotatable bonds is 3. The maximum Gasteiger partial charge on any atom is 0.263 e. The summed E-state index contributed by atoms with van der Waals surface area (Å²) in [5.74, 6) is -0.576. The summed E-state index contributed by atoms with van der Waals surface area (Å²) in [6.07, 6.45) is 1.43. The Kier molecular flexibility index (Phi) is 4.65. The Bertz CT molecular complexity index is 777. The van der Waals surface area contributed by atoms with Crippen molar-refractivity contribution in [3.63, 3.8) is 0 Å². The van der Waals surface area contributed by atoms with Crippen LogP contribution in [0.4, 0.5) is 4.39 Å². The molecule has 1 aliphatic rings. The van der Waals surface area contributed by atoms with Crippen molar-refractivity contribution in [2.24, 2.45) is 0 Å². The predicted octanol–water partition coefficient (Wildman–Crippen LogP) is 3.96. The van der Waals surface area contributed by atoms with Gasteiger partial charge in [0.1, 0.15) is 0 Å². The van der Waals surface area contributed by atoms with Gasteiger partial charge in [-0.3, -0.25) is 4.79 Å². The molecule has 0 fully saturated rings. The van der Waals surface area contributed by atoms with E-state index in [-0.39, 0.29) is 31.0 Å². The van der Waals surface area contributed by atoms with Gasteiger partial charge < -0.3 is 10.1 Å². The minimum Gasteiger partial charge on any atom is -0.477 e. The van der Waals surface area contributed by atoms with E-state index in [0.717, 1.165) is 5.56 Å². The summed E-state index contributed by atoms with van der Waals surface area (Å²) in [7, 11) is 0. The molecule has 1 unspecified atom stereocenters. The molecular weight excluding hydrogens is 354 g/mol. The van der Waals surface area contributed by atoms with Crippen LogP contribution in [0.25, 0.3) is 0 Å². The SMILES string of the molecule is Cc1cc(Cl)cc(Cl)c1CNC(=O)C1(F)CCOc2ncccc21. The number of carbonyl (C=O) groups is 1. The van der Waals surface area contributed by atoms with Crippen LogP contribution < -0.4 is 10.1 Å². The van der Waals surface area contributed by atoms with Gasteiger partial charge in [-0.15, -0.1) is 0 Å². The maximum atomic E-state index is 15.3. The highest BCUT2D eigenvalue weighted by molar-refractivity contribution is 6.35. The molecule has 0 saturated heterocycles. The quantitative estimate of drug-likeness (QED) is 0.891. The van der Waals surface area contributed by atoms with Crippen molar-refractivity contribution < 1.29 is 13.9 Å². The van der Waals surface area contributed by atoms with Gasteiger partial charge in [0.15, 0.2) is 0 Å². The smallest absolute Gasteiger partial charge is 0.263 e. The lowest BCUT2D eigenvalue weighted by Gasteiger charge is -2.30. The third kappa shape index (κ3) is 3.06. The number of aromatic nitrogens is 1. The average Bonchev–Trinajstić information content (AvgIpc) is 2.54. The Morgan fingerprint density at radius 2 is 2.25 bits per heavy atom. The molecule has 2 aromatic rings. The first kappa shape index (κ1) is 17.0. The van der Waals surface area contributed by atoms with Crippen LogP contribution in [0.3, 0.4) is 0 Å². The van der Waals surface area contributed by atoms with Gasteiger partial charge in [0.05, 0.1) is 12.2 Å². The summed E-state index contributed by atoms with van der Waals surface area (Å²) in [5.41, 5.74) is -0.492. The number of halogens is 3. The number of alkyl halides is 1. The van der Waals surface area contributed by atoms with E-state index in [1.165, 1.54) is 12.3 Å². The van der Waals surface area contributed by atoms with E-state index in [0.29, 0.717) is 15.6 Å². The monoisotopic (exact) mass is 368 g/mol. The van der Waals surface area contributed by atoms with E-state index in [4.69, 9.17) is 27.9 Å². The Morgan fingerprint density at radius 1 is 1.46 bits per heavy atom. The average molecular weight is 369 g/mol. The second kappa shape index (κ2) is 6.57. The van der Waals surface area contributed by atoms with Gasteiger partial charge in [-0.05, 0) is 42.3 Å². The van der Waals surface area contributed by atoms with Crippen molar-refractivity contribution in [3.05, 3.63) is 57.2 Å². The second-order valence-corrected chi connectivity index (χ2v) is 6.47. The fourth-order valence-corrected chi connectivity index (χ4v) is 3.39. The largest absolute Gasteiger partial charge is 0.477 e. The molecule has 126 valence electrons. The second-order valence-electron chi connectivity index (χ2n) is 5.62. The summed E-state index contributed by atoms with van der Waals surface area (Å²) in [6.45, 7) is 2.04. The van der Waals surface area contributed by atoms with Gasteiger partial charge in [-0.25, -0.2) is 9.37 Å². The molecule has 0 radical (unpaired) electrons. The fourth-order valence-electron chi connectivity index (χ4n) is 2.73. The minimum atomic E-state index is -2.17. The third-order valence-corrected chi connectivity index (χ3v) is 4.61. The van der Waals surface area contributed by atoms with Gasteiger partial charge >= 0.3 is 0 Å². The number of hydrogen-bond donors (Lipinski definition) is 1. The number of aryl methyl sites for hydroxylation is 1. The number of hydrogen-bond acceptors (Lipinski definition) is 3. The van der Waals surface area contributed by atoms with Crippen LogP contribution in [0.2, 0.25) is 10.0 Å². The summed E-state index contributed by atoms with van der Waals surface area (Å²) >= 11 is 12.1. The van der Waals surface area contributed by atoms with Gasteiger partial charge in [0, 0.05) is 29.2 Å². The number of amides is 1. The Hall–Kier alpha value is -1.85. The number of nitrogens with one attached hydrogen (secondary N) is 1. The zero-order chi connectivity index (χ0) is 17.3. The first-order chi connectivity index (χ1) is 11.4. The molecule has 1 aromatic carbocycles. The van der Waals surface area contributed by atoms with Crippen LogP contribution in [0.1, 0.15) is 23.1 Å². The number of nitrogens with zero attached hydrogens (tertiary/aromatic N) is 1. The number of fused-ring (bicyclic) bond motifs is 1. The zero-order valence-corrected chi connectivity index (χ0v) is 14.4. The summed E-state index contributed by atoms with van der Waals surface area (Å²) in [6, 6.07) is 6.43. The van der Waals surface area contributed by atoms with Crippen molar-refractivity contribution in [1.82, 2.24) is 10.3 Å². The molecule has 2 heterocycles. The molecule has 0 bridgehead atoms. The molecule has 4 nitrogen and oxygen atoms in total. The number of carbonyl (C=O) groups excluding carboxylic acids is 1. The highest BCUT2D eigenvalue weighted by Gasteiger charge is 2.45. The topological polar surface area (TPSA) is 51.2 Å². The van der Waals surface area contributed by atoms with Gasteiger partial charge in [0.2, 0.25) is 11.5 Å². The van der Waals surface area contributed by atoms with E-state index in [2.05, 4.69) is 10.3 Å². The number of pyridine rings is 1. The molecule has 1 amide bonds.